The van der Waals surface area contributed by atoms with Crippen LogP contribution >= 0.6 is 0 Å². The van der Waals surface area contributed by atoms with Crippen LogP contribution in [0.1, 0.15) is 28.4 Å². The Labute approximate surface area is 118 Å². The zero-order chi connectivity index (χ0) is 14.5. The minimum Gasteiger partial charge on any atom is -0.483 e. The quantitative estimate of drug-likeness (QED) is 0.795. The molecule has 0 spiro atoms. The van der Waals surface area contributed by atoms with Crippen LogP contribution in [0.3, 0.4) is 0 Å². The Balaban J connectivity index is 2.07. The number of ketones is 1. The van der Waals surface area contributed by atoms with Crippen LogP contribution in [-0.2, 0) is 0 Å². The minimum absolute atomic E-state index is 0.0608. The molecule has 0 radical (unpaired) electrons. The van der Waals surface area contributed by atoms with Gasteiger partial charge in [0.25, 0.3) is 0 Å². The summed E-state index contributed by atoms with van der Waals surface area (Å²) >= 11 is 0. The molecule has 0 bridgehead atoms. The molecule has 20 heavy (non-hydrogen) atoms. The maximum atomic E-state index is 12.2. The molecule has 0 aliphatic heterocycles. The van der Waals surface area contributed by atoms with Gasteiger partial charge in [0.05, 0.1) is 11.6 Å². The highest BCUT2D eigenvalue weighted by atomic mass is 16.5. The Bertz CT molecular complexity index is 636. The molecule has 2 aromatic carbocycles. The van der Waals surface area contributed by atoms with Gasteiger partial charge in [-0.3, -0.25) is 4.79 Å². The maximum absolute atomic E-state index is 12.2. The highest BCUT2D eigenvalue weighted by Gasteiger charge is 2.16. The Morgan fingerprint density at radius 3 is 2.25 bits per heavy atom. The van der Waals surface area contributed by atoms with E-state index in [-0.39, 0.29) is 5.78 Å². The summed E-state index contributed by atoms with van der Waals surface area (Å²) in [6, 6.07) is 16.2. The summed E-state index contributed by atoms with van der Waals surface area (Å²) in [4.78, 5) is 12.2. The minimum atomic E-state index is -0.564. The molecule has 0 saturated carbocycles. The van der Waals surface area contributed by atoms with E-state index in [4.69, 9.17) is 10.00 Å². The molecule has 0 N–H and O–H groups in total. The average molecular weight is 265 g/mol. The third kappa shape index (κ3) is 3.24. The van der Waals surface area contributed by atoms with Gasteiger partial charge in [-0.2, -0.15) is 5.26 Å². The first-order chi connectivity index (χ1) is 9.60. The molecule has 0 fully saturated rings. The van der Waals surface area contributed by atoms with Gasteiger partial charge < -0.3 is 4.74 Å². The lowest BCUT2D eigenvalue weighted by Crippen LogP contribution is -2.23. The molecule has 1 atom stereocenters. The molecule has 0 heterocycles. The van der Waals surface area contributed by atoms with Crippen LogP contribution in [0.5, 0.6) is 5.75 Å². The van der Waals surface area contributed by atoms with Gasteiger partial charge in [-0.15, -0.1) is 0 Å². The predicted molar refractivity (Wildman–Crippen MR) is 76.8 cm³/mol. The second-order valence-electron chi connectivity index (χ2n) is 4.63. The highest BCUT2D eigenvalue weighted by molar-refractivity contribution is 5.99. The first kappa shape index (κ1) is 13.8. The maximum Gasteiger partial charge on any atom is 0.202 e. The Kier molecular flexibility index (Phi) is 4.17. The molecule has 3 nitrogen and oxygen atoms in total. The Morgan fingerprint density at radius 2 is 1.70 bits per heavy atom. The fraction of sp³-hybridized carbons (Fsp3) is 0.176. The number of hydrogen-bond acceptors (Lipinski definition) is 3. The monoisotopic (exact) mass is 265 g/mol. The summed E-state index contributed by atoms with van der Waals surface area (Å²) < 4.78 is 5.60. The van der Waals surface area contributed by atoms with Crippen molar-refractivity contribution in [2.75, 3.05) is 0 Å². The first-order valence-electron chi connectivity index (χ1n) is 6.38. The highest BCUT2D eigenvalue weighted by Crippen LogP contribution is 2.15. The van der Waals surface area contributed by atoms with Gasteiger partial charge in [-0.1, -0.05) is 29.8 Å². The summed E-state index contributed by atoms with van der Waals surface area (Å²) in [6.07, 6.45) is -0.564. The zero-order valence-corrected chi connectivity index (χ0v) is 11.5. The molecule has 0 unspecified atom stereocenters. The van der Waals surface area contributed by atoms with Gasteiger partial charge in [-0.25, -0.2) is 0 Å². The fourth-order valence-corrected chi connectivity index (χ4v) is 1.82. The summed E-state index contributed by atoms with van der Waals surface area (Å²) in [6.45, 7) is 3.70. The Morgan fingerprint density at radius 1 is 1.10 bits per heavy atom. The number of rotatable bonds is 4. The predicted octanol–water partition coefficient (Wildman–Crippen LogP) is 3.52. The Hall–Kier alpha value is -2.60. The molecule has 2 rings (SSSR count). The van der Waals surface area contributed by atoms with Crippen molar-refractivity contribution in [2.24, 2.45) is 0 Å². The van der Waals surface area contributed by atoms with Crippen LogP contribution in [-0.4, -0.2) is 11.9 Å². The molecule has 0 aromatic heterocycles. The second kappa shape index (κ2) is 6.03. The summed E-state index contributed by atoms with van der Waals surface area (Å²) in [5.74, 6) is 0.520. The number of carbonyl (C=O) groups is 1. The van der Waals surface area contributed by atoms with Crippen molar-refractivity contribution in [1.29, 1.82) is 5.26 Å². The normalized spacial score (nSPS) is 11.4. The van der Waals surface area contributed by atoms with Crippen LogP contribution in [0, 0.1) is 18.3 Å². The SMILES string of the molecule is Cc1ccc(C(=O)[C@H](C)Oc2ccc(C#N)cc2)cc1. The van der Waals surface area contributed by atoms with Crippen molar-refractivity contribution in [1.82, 2.24) is 0 Å². The van der Waals surface area contributed by atoms with Crippen LogP contribution < -0.4 is 4.74 Å². The van der Waals surface area contributed by atoms with Crippen molar-refractivity contribution in [3.8, 4) is 11.8 Å². The average Bonchev–Trinajstić information content (AvgIpc) is 2.48. The molecule has 2 aromatic rings. The van der Waals surface area contributed by atoms with Gasteiger partial charge in [0.15, 0.2) is 6.10 Å². The van der Waals surface area contributed by atoms with Gasteiger partial charge in [-0.05, 0) is 38.1 Å². The number of carbonyl (C=O) groups excluding carboxylic acids is 1. The summed E-state index contributed by atoms with van der Waals surface area (Å²) in [5.41, 5.74) is 2.31. The lowest BCUT2D eigenvalue weighted by Gasteiger charge is -2.13. The number of nitriles is 1. The van der Waals surface area contributed by atoms with E-state index in [9.17, 15) is 4.79 Å². The molecule has 3 heteroatoms. The number of benzene rings is 2. The molecule has 0 aliphatic rings. The smallest absolute Gasteiger partial charge is 0.202 e. The fourth-order valence-electron chi connectivity index (χ4n) is 1.82. The van der Waals surface area contributed by atoms with Crippen molar-refractivity contribution >= 4 is 5.78 Å². The van der Waals surface area contributed by atoms with E-state index >= 15 is 0 Å². The van der Waals surface area contributed by atoms with Gasteiger partial charge in [0, 0.05) is 5.56 Å². The standard InChI is InChI=1S/C17H15NO2/c1-12-3-7-15(8-4-12)17(19)13(2)20-16-9-5-14(11-18)6-10-16/h3-10,13H,1-2H3/t13-/m0/s1. The lowest BCUT2D eigenvalue weighted by molar-refractivity contribution is 0.0818. The van der Waals surface area contributed by atoms with Crippen molar-refractivity contribution in [2.45, 2.75) is 20.0 Å². The third-order valence-corrected chi connectivity index (χ3v) is 3.00. The van der Waals surface area contributed by atoms with E-state index in [1.165, 1.54) is 0 Å². The van der Waals surface area contributed by atoms with Crippen molar-refractivity contribution < 1.29 is 9.53 Å². The van der Waals surface area contributed by atoms with Gasteiger partial charge in [0.1, 0.15) is 5.75 Å². The number of hydrogen-bond donors (Lipinski definition) is 0. The largest absolute Gasteiger partial charge is 0.483 e. The van der Waals surface area contributed by atoms with E-state index in [0.29, 0.717) is 16.9 Å². The summed E-state index contributed by atoms with van der Waals surface area (Å²) in [7, 11) is 0. The molecule has 0 saturated heterocycles. The molecule has 0 amide bonds. The molecule has 100 valence electrons. The lowest BCUT2D eigenvalue weighted by atomic mass is 10.1. The molecular formula is C17H15NO2. The van der Waals surface area contributed by atoms with Gasteiger partial charge in [0.2, 0.25) is 5.78 Å². The van der Waals surface area contributed by atoms with E-state index < -0.39 is 6.10 Å². The number of nitrogens with zero attached hydrogens (tertiary/aromatic N) is 1. The number of aryl methyl sites for hydroxylation is 1. The topological polar surface area (TPSA) is 50.1 Å². The van der Waals surface area contributed by atoms with E-state index in [1.807, 2.05) is 25.1 Å². The van der Waals surface area contributed by atoms with Crippen LogP contribution in [0.2, 0.25) is 0 Å². The summed E-state index contributed by atoms with van der Waals surface area (Å²) in [5, 5.41) is 8.72. The van der Waals surface area contributed by atoms with E-state index in [2.05, 4.69) is 0 Å². The van der Waals surface area contributed by atoms with E-state index in [0.717, 1.165) is 5.56 Å². The van der Waals surface area contributed by atoms with Crippen LogP contribution in [0.15, 0.2) is 48.5 Å². The number of Topliss-reactive ketones (excluding diaryl/α,β-unsaturated/α-hetero) is 1. The molecule has 0 aliphatic carbocycles. The van der Waals surface area contributed by atoms with Crippen molar-refractivity contribution in [3.05, 3.63) is 65.2 Å². The van der Waals surface area contributed by atoms with E-state index in [1.54, 1.807) is 43.3 Å². The number of ether oxygens (including phenoxy) is 1. The zero-order valence-electron chi connectivity index (χ0n) is 11.5. The van der Waals surface area contributed by atoms with Crippen LogP contribution in [0.25, 0.3) is 0 Å². The third-order valence-electron chi connectivity index (χ3n) is 3.00. The molecular weight excluding hydrogens is 250 g/mol. The second-order valence-corrected chi connectivity index (χ2v) is 4.63. The van der Waals surface area contributed by atoms with Gasteiger partial charge >= 0.3 is 0 Å². The van der Waals surface area contributed by atoms with Crippen LogP contribution in [0.4, 0.5) is 0 Å². The first-order valence-corrected chi connectivity index (χ1v) is 6.38. The van der Waals surface area contributed by atoms with Crippen molar-refractivity contribution in [3.63, 3.8) is 0 Å².